The molecule has 122 valence electrons. The third kappa shape index (κ3) is 1.80. The number of hydrogen-bond acceptors (Lipinski definition) is 2. The molecule has 0 amide bonds. The summed E-state index contributed by atoms with van der Waals surface area (Å²) in [6.45, 7) is 7.10. The number of hydrogen-bond donors (Lipinski definition) is 2. The number of aliphatic hydroxyl groups excluding tert-OH is 2. The molecule has 2 heteroatoms. The first kappa shape index (κ1) is 15.0. The Hall–Kier alpha value is -0.600. The average molecular weight is 302 g/mol. The van der Waals surface area contributed by atoms with Crippen molar-refractivity contribution in [3.63, 3.8) is 0 Å². The Morgan fingerprint density at radius 2 is 1.91 bits per heavy atom. The lowest BCUT2D eigenvalue weighted by Gasteiger charge is -2.54. The summed E-state index contributed by atoms with van der Waals surface area (Å²) in [7, 11) is 0. The fourth-order valence-electron chi connectivity index (χ4n) is 6.34. The predicted molar refractivity (Wildman–Crippen MR) is 88.2 cm³/mol. The van der Waals surface area contributed by atoms with Crippen LogP contribution in [0, 0.1) is 28.6 Å². The van der Waals surface area contributed by atoms with Gasteiger partial charge in [-0.15, -0.1) is 0 Å². The van der Waals surface area contributed by atoms with Crippen LogP contribution in [0.1, 0.15) is 59.3 Å². The first-order valence-electron chi connectivity index (χ1n) is 9.15. The lowest BCUT2D eigenvalue weighted by Crippen LogP contribution is -2.46. The Kier molecular flexibility index (Phi) is 3.20. The molecule has 1 fully saturated rings. The van der Waals surface area contributed by atoms with Crippen molar-refractivity contribution in [1.82, 2.24) is 0 Å². The molecule has 2 N–H and O–H groups in total. The molecular formula is C20H30O2. The highest BCUT2D eigenvalue weighted by Gasteiger charge is 2.55. The van der Waals surface area contributed by atoms with E-state index >= 15 is 0 Å². The Balaban J connectivity index is 1.83. The van der Waals surface area contributed by atoms with Gasteiger partial charge < -0.3 is 10.2 Å². The van der Waals surface area contributed by atoms with Crippen LogP contribution >= 0.6 is 0 Å². The Labute approximate surface area is 134 Å². The minimum Gasteiger partial charge on any atom is -0.393 e. The quantitative estimate of drug-likeness (QED) is 0.668. The monoisotopic (exact) mass is 302 g/mol. The van der Waals surface area contributed by atoms with Crippen molar-refractivity contribution in [2.24, 2.45) is 28.6 Å². The maximum Gasteiger partial charge on any atom is 0.0724 e. The molecular weight excluding hydrogens is 272 g/mol. The van der Waals surface area contributed by atoms with Crippen molar-refractivity contribution < 1.29 is 10.2 Å². The van der Waals surface area contributed by atoms with E-state index in [-0.39, 0.29) is 23.0 Å². The van der Waals surface area contributed by atoms with E-state index in [2.05, 4.69) is 26.8 Å². The smallest absolute Gasteiger partial charge is 0.0724 e. The minimum atomic E-state index is -0.255. The molecule has 4 rings (SSSR count). The number of rotatable bonds is 0. The van der Waals surface area contributed by atoms with Crippen LogP contribution in [-0.4, -0.2) is 22.4 Å². The fraction of sp³-hybridized carbons (Fsp3) is 0.800. The van der Waals surface area contributed by atoms with Crippen molar-refractivity contribution in [2.75, 3.05) is 0 Å². The van der Waals surface area contributed by atoms with Crippen LogP contribution in [0.3, 0.4) is 0 Å². The second-order valence-corrected chi connectivity index (χ2v) is 8.86. The van der Waals surface area contributed by atoms with Crippen LogP contribution in [0.25, 0.3) is 0 Å². The summed E-state index contributed by atoms with van der Waals surface area (Å²) < 4.78 is 0. The van der Waals surface area contributed by atoms with E-state index in [0.29, 0.717) is 17.8 Å². The van der Waals surface area contributed by atoms with Gasteiger partial charge in [-0.2, -0.15) is 0 Å². The zero-order valence-electron chi connectivity index (χ0n) is 14.2. The van der Waals surface area contributed by atoms with Gasteiger partial charge in [-0.3, -0.25) is 0 Å². The van der Waals surface area contributed by atoms with Crippen molar-refractivity contribution >= 4 is 0 Å². The summed E-state index contributed by atoms with van der Waals surface area (Å²) in [6.07, 6.45) is 10.5. The highest BCUT2D eigenvalue weighted by Crippen LogP contribution is 2.63. The molecule has 0 aromatic carbocycles. The van der Waals surface area contributed by atoms with Gasteiger partial charge in [-0.05, 0) is 56.3 Å². The third-order valence-electron chi connectivity index (χ3n) is 7.78. The van der Waals surface area contributed by atoms with E-state index in [0.717, 1.165) is 32.1 Å². The van der Waals surface area contributed by atoms with E-state index < -0.39 is 0 Å². The number of aliphatic hydroxyl groups is 2. The molecule has 0 heterocycles. The highest BCUT2D eigenvalue weighted by atomic mass is 16.3. The standard InChI is InChI=1S/C20H30O2/c1-12-10-13-11-14(21)6-8-19(13,2)16-7-9-20(3)15(18(12)16)4-5-17(20)22/h6,8,12-15,17,21-22H,4-5,7,9-11H2,1-3H3/t12-,13+,14-,15-,17-,19-,20-/m0/s1. The third-order valence-corrected chi connectivity index (χ3v) is 7.78. The Morgan fingerprint density at radius 3 is 2.68 bits per heavy atom. The summed E-state index contributed by atoms with van der Waals surface area (Å²) >= 11 is 0. The van der Waals surface area contributed by atoms with E-state index in [4.69, 9.17) is 0 Å². The highest BCUT2D eigenvalue weighted by molar-refractivity contribution is 5.39. The summed E-state index contributed by atoms with van der Waals surface area (Å²) in [4.78, 5) is 0. The van der Waals surface area contributed by atoms with Crippen molar-refractivity contribution in [2.45, 2.75) is 71.5 Å². The maximum atomic E-state index is 10.5. The molecule has 4 aliphatic rings. The molecule has 22 heavy (non-hydrogen) atoms. The van der Waals surface area contributed by atoms with Crippen molar-refractivity contribution in [3.05, 3.63) is 23.3 Å². The molecule has 0 aromatic heterocycles. The van der Waals surface area contributed by atoms with Crippen LogP contribution in [0.15, 0.2) is 23.3 Å². The predicted octanol–water partition coefficient (Wildman–Crippen LogP) is 3.84. The summed E-state index contributed by atoms with van der Waals surface area (Å²) in [5, 5.41) is 20.6. The van der Waals surface area contributed by atoms with Gasteiger partial charge in [-0.25, -0.2) is 0 Å². The Morgan fingerprint density at radius 1 is 1.14 bits per heavy atom. The van der Waals surface area contributed by atoms with Gasteiger partial charge in [0.25, 0.3) is 0 Å². The molecule has 0 aromatic rings. The van der Waals surface area contributed by atoms with Gasteiger partial charge in [0.05, 0.1) is 12.2 Å². The summed E-state index contributed by atoms with van der Waals surface area (Å²) in [5.74, 6) is 1.78. The fourth-order valence-corrected chi connectivity index (χ4v) is 6.34. The second kappa shape index (κ2) is 4.70. The molecule has 2 nitrogen and oxygen atoms in total. The topological polar surface area (TPSA) is 40.5 Å². The summed E-state index contributed by atoms with van der Waals surface area (Å²) in [6, 6.07) is 0. The van der Waals surface area contributed by atoms with E-state index in [1.807, 2.05) is 6.08 Å². The lowest BCUT2D eigenvalue weighted by atomic mass is 9.51. The zero-order chi connectivity index (χ0) is 15.7. The van der Waals surface area contributed by atoms with E-state index in [9.17, 15) is 10.2 Å². The maximum absolute atomic E-state index is 10.5. The lowest BCUT2D eigenvalue weighted by molar-refractivity contribution is 0.0219. The molecule has 0 unspecified atom stereocenters. The van der Waals surface area contributed by atoms with Gasteiger partial charge in [0, 0.05) is 10.8 Å². The van der Waals surface area contributed by atoms with Crippen molar-refractivity contribution in [1.29, 1.82) is 0 Å². The first-order valence-corrected chi connectivity index (χ1v) is 9.15. The van der Waals surface area contributed by atoms with Gasteiger partial charge in [0.1, 0.15) is 0 Å². The first-order chi connectivity index (χ1) is 10.4. The van der Waals surface area contributed by atoms with Crippen LogP contribution in [0.2, 0.25) is 0 Å². The van der Waals surface area contributed by atoms with E-state index in [1.165, 1.54) is 6.42 Å². The van der Waals surface area contributed by atoms with Crippen LogP contribution in [0.5, 0.6) is 0 Å². The second-order valence-electron chi connectivity index (χ2n) is 8.86. The van der Waals surface area contributed by atoms with Crippen LogP contribution in [0.4, 0.5) is 0 Å². The summed E-state index contributed by atoms with van der Waals surface area (Å²) in [5.41, 5.74) is 3.60. The van der Waals surface area contributed by atoms with Crippen LogP contribution < -0.4 is 0 Å². The molecule has 0 aliphatic heterocycles. The number of fused-ring (bicyclic) bond motifs is 4. The van der Waals surface area contributed by atoms with Gasteiger partial charge in [0.15, 0.2) is 0 Å². The van der Waals surface area contributed by atoms with Gasteiger partial charge in [-0.1, -0.05) is 44.1 Å². The number of allylic oxidation sites excluding steroid dienone is 3. The molecule has 7 atom stereocenters. The molecule has 4 aliphatic carbocycles. The molecule has 0 spiro atoms. The van der Waals surface area contributed by atoms with Crippen molar-refractivity contribution in [3.8, 4) is 0 Å². The molecule has 0 bridgehead atoms. The zero-order valence-corrected chi connectivity index (χ0v) is 14.2. The normalized spacial score (nSPS) is 54.0. The Bertz CT molecular complexity index is 548. The SMILES string of the molecule is C[C@H]1C[C@@H]2C[C@@H](O)C=C[C@]2(C)C2=C1[C@@H]1CC[C@H](O)[C@@]1(C)CC2. The minimum absolute atomic E-state index is 0.105. The largest absolute Gasteiger partial charge is 0.393 e. The van der Waals surface area contributed by atoms with Gasteiger partial charge >= 0.3 is 0 Å². The molecule has 0 radical (unpaired) electrons. The van der Waals surface area contributed by atoms with Gasteiger partial charge in [0.2, 0.25) is 0 Å². The average Bonchev–Trinajstić information content (AvgIpc) is 2.77. The molecule has 1 saturated carbocycles. The van der Waals surface area contributed by atoms with E-state index in [1.54, 1.807) is 11.1 Å². The molecule has 0 saturated heterocycles. The van der Waals surface area contributed by atoms with Crippen LogP contribution in [-0.2, 0) is 0 Å².